The standard InChI is InChI=1S/C15H31N3O4S.HI/c1-3-23(19,20)12-8-18-15(16-2)17-7-4-9-22-13-14-5-10-21-11-6-14;/h14H,3-13H2,1-2H3,(H2,16,17,18);1H. The highest BCUT2D eigenvalue weighted by Crippen LogP contribution is 2.14. The molecule has 24 heavy (non-hydrogen) atoms. The third-order valence-electron chi connectivity index (χ3n) is 3.82. The molecule has 0 spiro atoms. The van der Waals surface area contributed by atoms with Crippen molar-refractivity contribution in [2.45, 2.75) is 26.2 Å². The van der Waals surface area contributed by atoms with Gasteiger partial charge >= 0.3 is 0 Å². The number of rotatable bonds is 10. The van der Waals surface area contributed by atoms with Gasteiger partial charge in [0.2, 0.25) is 0 Å². The van der Waals surface area contributed by atoms with Crippen molar-refractivity contribution in [1.29, 1.82) is 0 Å². The van der Waals surface area contributed by atoms with Crippen LogP contribution in [0.3, 0.4) is 0 Å². The van der Waals surface area contributed by atoms with E-state index in [-0.39, 0.29) is 35.5 Å². The number of guanidine groups is 1. The Morgan fingerprint density at radius 2 is 1.92 bits per heavy atom. The topological polar surface area (TPSA) is 89.0 Å². The number of hydrogen-bond acceptors (Lipinski definition) is 5. The lowest BCUT2D eigenvalue weighted by Crippen LogP contribution is -2.40. The van der Waals surface area contributed by atoms with Gasteiger partial charge in [0, 0.05) is 52.3 Å². The fraction of sp³-hybridized carbons (Fsp3) is 0.933. The predicted octanol–water partition coefficient (Wildman–Crippen LogP) is 1.04. The first kappa shape index (κ1) is 23.9. The van der Waals surface area contributed by atoms with Crippen molar-refractivity contribution in [2.24, 2.45) is 10.9 Å². The minimum atomic E-state index is -2.94. The maximum absolute atomic E-state index is 11.4. The highest BCUT2D eigenvalue weighted by Gasteiger charge is 2.13. The van der Waals surface area contributed by atoms with Crippen LogP contribution in [-0.4, -0.2) is 72.4 Å². The molecule has 0 aromatic carbocycles. The number of nitrogens with zero attached hydrogens (tertiary/aromatic N) is 1. The lowest BCUT2D eigenvalue weighted by molar-refractivity contribution is 0.0203. The van der Waals surface area contributed by atoms with Crippen LogP contribution in [-0.2, 0) is 19.3 Å². The maximum Gasteiger partial charge on any atom is 0.191 e. The van der Waals surface area contributed by atoms with Crippen molar-refractivity contribution in [3.8, 4) is 0 Å². The summed E-state index contributed by atoms with van der Waals surface area (Å²) in [6, 6.07) is 0. The molecule has 0 bridgehead atoms. The molecule has 1 fully saturated rings. The average Bonchev–Trinajstić information content (AvgIpc) is 2.57. The van der Waals surface area contributed by atoms with Gasteiger partial charge in [0.25, 0.3) is 0 Å². The Labute approximate surface area is 163 Å². The number of halogens is 1. The van der Waals surface area contributed by atoms with Crippen LogP contribution in [0.15, 0.2) is 4.99 Å². The molecule has 0 aromatic heterocycles. The molecular weight excluding hydrogens is 445 g/mol. The van der Waals surface area contributed by atoms with Gasteiger partial charge in [0.05, 0.1) is 5.75 Å². The molecule has 2 N–H and O–H groups in total. The van der Waals surface area contributed by atoms with Gasteiger partial charge in [0.15, 0.2) is 15.8 Å². The van der Waals surface area contributed by atoms with E-state index in [4.69, 9.17) is 9.47 Å². The fourth-order valence-electron chi connectivity index (χ4n) is 2.23. The van der Waals surface area contributed by atoms with Crippen LogP contribution in [0.5, 0.6) is 0 Å². The van der Waals surface area contributed by atoms with Crippen LogP contribution in [0.2, 0.25) is 0 Å². The Bertz CT molecular complexity index is 440. The molecule has 0 aliphatic carbocycles. The van der Waals surface area contributed by atoms with Crippen LogP contribution in [0.25, 0.3) is 0 Å². The Balaban J connectivity index is 0.00000529. The summed E-state index contributed by atoms with van der Waals surface area (Å²) in [4.78, 5) is 4.07. The summed E-state index contributed by atoms with van der Waals surface area (Å²) in [6.45, 7) is 6.00. The fourth-order valence-corrected chi connectivity index (χ4v) is 2.94. The second-order valence-corrected chi connectivity index (χ2v) is 8.12. The molecule has 1 aliphatic rings. The first-order valence-electron chi connectivity index (χ1n) is 8.38. The van der Waals surface area contributed by atoms with E-state index in [1.54, 1.807) is 14.0 Å². The highest BCUT2D eigenvalue weighted by atomic mass is 127. The minimum Gasteiger partial charge on any atom is -0.381 e. The van der Waals surface area contributed by atoms with Gasteiger partial charge in [-0.3, -0.25) is 4.99 Å². The predicted molar refractivity (Wildman–Crippen MR) is 108 cm³/mol. The molecule has 1 rings (SSSR count). The molecule has 7 nitrogen and oxygen atoms in total. The molecule has 0 amide bonds. The normalized spacial score (nSPS) is 16.5. The van der Waals surface area contributed by atoms with Crippen molar-refractivity contribution in [3.05, 3.63) is 0 Å². The van der Waals surface area contributed by atoms with Crippen LogP contribution >= 0.6 is 24.0 Å². The van der Waals surface area contributed by atoms with Gasteiger partial charge in [0.1, 0.15) is 0 Å². The molecule has 0 saturated carbocycles. The number of aliphatic imine (C=N–C) groups is 1. The second kappa shape index (κ2) is 14.1. The van der Waals surface area contributed by atoms with Crippen molar-refractivity contribution in [1.82, 2.24) is 10.6 Å². The molecule has 0 unspecified atom stereocenters. The molecule has 9 heteroatoms. The molecule has 144 valence electrons. The number of nitrogens with one attached hydrogen (secondary N) is 2. The van der Waals surface area contributed by atoms with Crippen molar-refractivity contribution >= 4 is 39.8 Å². The van der Waals surface area contributed by atoms with E-state index >= 15 is 0 Å². The lowest BCUT2D eigenvalue weighted by Gasteiger charge is -2.21. The molecule has 0 radical (unpaired) electrons. The summed E-state index contributed by atoms with van der Waals surface area (Å²) in [5.74, 6) is 1.55. The SMILES string of the molecule is CCS(=O)(=O)CCNC(=NC)NCCCOCC1CCOCC1.I. The molecule has 1 heterocycles. The number of sulfone groups is 1. The van der Waals surface area contributed by atoms with E-state index < -0.39 is 9.84 Å². The lowest BCUT2D eigenvalue weighted by atomic mass is 10.0. The van der Waals surface area contributed by atoms with Crippen LogP contribution < -0.4 is 10.6 Å². The van der Waals surface area contributed by atoms with E-state index in [9.17, 15) is 8.42 Å². The maximum atomic E-state index is 11.4. The summed E-state index contributed by atoms with van der Waals surface area (Å²) in [5.41, 5.74) is 0. The van der Waals surface area contributed by atoms with Gasteiger partial charge in [-0.05, 0) is 25.2 Å². The molecule has 1 aliphatic heterocycles. The van der Waals surface area contributed by atoms with Crippen molar-refractivity contribution < 1.29 is 17.9 Å². The van der Waals surface area contributed by atoms with E-state index in [0.717, 1.165) is 45.6 Å². The Morgan fingerprint density at radius 3 is 2.54 bits per heavy atom. The van der Waals surface area contributed by atoms with Gasteiger partial charge in [-0.2, -0.15) is 0 Å². The molecule has 1 saturated heterocycles. The van der Waals surface area contributed by atoms with Gasteiger partial charge in [-0.15, -0.1) is 24.0 Å². The second-order valence-electron chi connectivity index (χ2n) is 5.65. The van der Waals surface area contributed by atoms with Gasteiger partial charge < -0.3 is 20.1 Å². The van der Waals surface area contributed by atoms with E-state index in [2.05, 4.69) is 15.6 Å². The van der Waals surface area contributed by atoms with E-state index in [0.29, 0.717) is 25.0 Å². The van der Waals surface area contributed by atoms with E-state index in [1.165, 1.54) is 0 Å². The first-order valence-corrected chi connectivity index (χ1v) is 10.2. The van der Waals surface area contributed by atoms with Crippen LogP contribution in [0, 0.1) is 5.92 Å². The third kappa shape index (κ3) is 11.4. The molecular formula is C15H32IN3O4S. The zero-order chi connectivity index (χ0) is 17.0. The summed E-state index contributed by atoms with van der Waals surface area (Å²) in [5, 5.41) is 6.16. The van der Waals surface area contributed by atoms with Gasteiger partial charge in [-0.1, -0.05) is 6.92 Å². The third-order valence-corrected chi connectivity index (χ3v) is 5.53. The first-order chi connectivity index (χ1) is 11.1. The largest absolute Gasteiger partial charge is 0.381 e. The molecule has 0 aromatic rings. The monoisotopic (exact) mass is 477 g/mol. The Morgan fingerprint density at radius 1 is 1.25 bits per heavy atom. The van der Waals surface area contributed by atoms with Crippen LogP contribution in [0.4, 0.5) is 0 Å². The highest BCUT2D eigenvalue weighted by molar-refractivity contribution is 14.0. The Kier molecular flexibility index (Phi) is 14.0. The summed E-state index contributed by atoms with van der Waals surface area (Å²) >= 11 is 0. The zero-order valence-corrected chi connectivity index (χ0v) is 17.9. The molecule has 0 atom stereocenters. The quantitative estimate of drug-likeness (QED) is 0.212. The number of ether oxygens (including phenoxy) is 2. The van der Waals surface area contributed by atoms with E-state index in [1.807, 2.05) is 0 Å². The zero-order valence-electron chi connectivity index (χ0n) is 14.8. The summed E-state index contributed by atoms with van der Waals surface area (Å²) < 4.78 is 33.8. The smallest absolute Gasteiger partial charge is 0.191 e. The van der Waals surface area contributed by atoms with Crippen LogP contribution in [0.1, 0.15) is 26.2 Å². The van der Waals surface area contributed by atoms with Crippen molar-refractivity contribution in [2.75, 3.05) is 58.1 Å². The Hall–Kier alpha value is -0.130. The summed E-state index contributed by atoms with van der Waals surface area (Å²) in [7, 11) is -1.27. The minimum absolute atomic E-state index is 0. The average molecular weight is 477 g/mol. The van der Waals surface area contributed by atoms with Gasteiger partial charge in [-0.25, -0.2) is 8.42 Å². The van der Waals surface area contributed by atoms with Crippen molar-refractivity contribution in [3.63, 3.8) is 0 Å². The number of hydrogen-bond donors (Lipinski definition) is 2. The summed E-state index contributed by atoms with van der Waals surface area (Å²) in [6.07, 6.45) is 3.07.